The summed E-state index contributed by atoms with van der Waals surface area (Å²) in [5, 5.41) is 2.56. The van der Waals surface area contributed by atoms with Crippen molar-refractivity contribution in [2.45, 2.75) is 0 Å². The Hall–Kier alpha value is -1.76. The third-order valence-electron chi connectivity index (χ3n) is 2.58. The molecule has 0 aromatic heterocycles. The summed E-state index contributed by atoms with van der Waals surface area (Å²) in [6.07, 6.45) is 4.21. The van der Waals surface area contributed by atoms with Crippen LogP contribution >= 0.6 is 0 Å². The van der Waals surface area contributed by atoms with Gasteiger partial charge in [0.1, 0.15) is 0 Å². The highest BCUT2D eigenvalue weighted by Gasteiger charge is 2.10. The van der Waals surface area contributed by atoms with Crippen LogP contribution in [0.2, 0.25) is 0 Å². The minimum absolute atomic E-state index is 0.869. The molecule has 0 radical (unpaired) electrons. The van der Waals surface area contributed by atoms with Gasteiger partial charge in [-0.1, -0.05) is 36.4 Å². The first-order valence-electron chi connectivity index (χ1n) is 4.35. The summed E-state index contributed by atoms with van der Waals surface area (Å²) >= 11 is 0. The molecular weight excluding hydrogens is 158 g/mol. The van der Waals surface area contributed by atoms with Crippen molar-refractivity contribution in [2.75, 3.05) is 5.73 Å². The van der Waals surface area contributed by atoms with Gasteiger partial charge in [-0.2, -0.15) is 0 Å². The molecule has 1 nitrogen and oxygen atoms in total. The summed E-state index contributed by atoms with van der Waals surface area (Å²) in [6, 6.07) is 10.4. The van der Waals surface area contributed by atoms with Gasteiger partial charge in [-0.15, -0.1) is 0 Å². The fraction of sp³-hybridized carbons (Fsp3) is 0. The highest BCUT2D eigenvalue weighted by Crippen LogP contribution is 2.34. The van der Waals surface area contributed by atoms with E-state index in [1.807, 2.05) is 6.07 Å². The molecule has 0 spiro atoms. The van der Waals surface area contributed by atoms with Crippen molar-refractivity contribution in [3.8, 4) is 0 Å². The van der Waals surface area contributed by atoms with E-state index in [4.69, 9.17) is 5.73 Å². The maximum Gasteiger partial charge on any atom is 0.0394 e. The van der Waals surface area contributed by atoms with Crippen LogP contribution in [0.25, 0.3) is 22.9 Å². The molecule has 0 unspecified atom stereocenters. The Morgan fingerprint density at radius 1 is 0.923 bits per heavy atom. The molecule has 0 heterocycles. The van der Waals surface area contributed by atoms with Gasteiger partial charge in [-0.3, -0.25) is 0 Å². The minimum Gasteiger partial charge on any atom is -0.398 e. The zero-order chi connectivity index (χ0) is 8.84. The molecule has 0 amide bonds. The average Bonchev–Trinajstić information content (AvgIpc) is 2.57. The summed E-state index contributed by atoms with van der Waals surface area (Å²) in [5.74, 6) is 0. The van der Waals surface area contributed by atoms with Crippen molar-refractivity contribution >= 4 is 28.6 Å². The standard InChI is InChI=1S/C12H9N/c13-11-7-5-9-3-1-2-8-4-6-10(11)12(8)9/h1-7H,13H2. The molecule has 0 fully saturated rings. The lowest BCUT2D eigenvalue weighted by Crippen LogP contribution is -1.88. The Kier molecular flexibility index (Phi) is 1.10. The van der Waals surface area contributed by atoms with Crippen LogP contribution in [0, 0.1) is 0 Å². The van der Waals surface area contributed by atoms with Gasteiger partial charge in [0.25, 0.3) is 0 Å². The van der Waals surface area contributed by atoms with Gasteiger partial charge in [0.15, 0.2) is 0 Å². The maximum atomic E-state index is 5.88. The first kappa shape index (κ1) is 6.72. The molecule has 0 saturated carbocycles. The first-order chi connectivity index (χ1) is 6.36. The Bertz CT molecular complexity index is 524. The van der Waals surface area contributed by atoms with E-state index in [-0.39, 0.29) is 0 Å². The largest absolute Gasteiger partial charge is 0.398 e. The van der Waals surface area contributed by atoms with Crippen molar-refractivity contribution in [2.24, 2.45) is 0 Å². The topological polar surface area (TPSA) is 26.0 Å². The van der Waals surface area contributed by atoms with E-state index >= 15 is 0 Å². The molecule has 1 heteroatoms. The number of hydrogen-bond donors (Lipinski definition) is 1. The molecule has 2 N–H and O–H groups in total. The van der Waals surface area contributed by atoms with E-state index < -0.39 is 0 Å². The monoisotopic (exact) mass is 167 g/mol. The normalized spacial score (nSPS) is 12.6. The summed E-state index contributed by atoms with van der Waals surface area (Å²) in [6.45, 7) is 0. The molecule has 1 aliphatic carbocycles. The molecule has 2 aromatic carbocycles. The summed E-state index contributed by atoms with van der Waals surface area (Å²) in [4.78, 5) is 0. The molecule has 0 aliphatic heterocycles. The highest BCUT2D eigenvalue weighted by atomic mass is 14.6. The van der Waals surface area contributed by atoms with Crippen LogP contribution < -0.4 is 5.73 Å². The van der Waals surface area contributed by atoms with Gasteiger partial charge >= 0.3 is 0 Å². The van der Waals surface area contributed by atoms with E-state index in [0.717, 1.165) is 5.69 Å². The maximum absolute atomic E-state index is 5.88. The van der Waals surface area contributed by atoms with Gasteiger partial charge in [0.05, 0.1) is 0 Å². The van der Waals surface area contributed by atoms with Crippen molar-refractivity contribution in [3.63, 3.8) is 0 Å². The molecule has 0 bridgehead atoms. The van der Waals surface area contributed by atoms with Crippen LogP contribution in [-0.4, -0.2) is 0 Å². The van der Waals surface area contributed by atoms with Crippen molar-refractivity contribution in [1.82, 2.24) is 0 Å². The van der Waals surface area contributed by atoms with Crippen molar-refractivity contribution in [1.29, 1.82) is 0 Å². The molecule has 0 atom stereocenters. The van der Waals surface area contributed by atoms with E-state index in [2.05, 4.69) is 36.4 Å². The fourth-order valence-corrected chi connectivity index (χ4v) is 1.94. The predicted molar refractivity (Wildman–Crippen MR) is 57.3 cm³/mol. The second-order valence-electron chi connectivity index (χ2n) is 3.35. The van der Waals surface area contributed by atoms with Gasteiger partial charge in [-0.25, -0.2) is 0 Å². The lowest BCUT2D eigenvalue weighted by molar-refractivity contribution is 1.70. The van der Waals surface area contributed by atoms with E-state index in [9.17, 15) is 0 Å². The van der Waals surface area contributed by atoms with Gasteiger partial charge in [-0.05, 0) is 22.4 Å². The van der Waals surface area contributed by atoms with Crippen LogP contribution in [0.15, 0.2) is 30.3 Å². The second kappa shape index (κ2) is 2.13. The zero-order valence-electron chi connectivity index (χ0n) is 7.12. The van der Waals surface area contributed by atoms with Crippen LogP contribution in [0.4, 0.5) is 5.69 Å². The first-order valence-corrected chi connectivity index (χ1v) is 4.35. The van der Waals surface area contributed by atoms with Crippen molar-refractivity contribution in [3.05, 3.63) is 41.5 Å². The van der Waals surface area contributed by atoms with Crippen LogP contribution in [0.3, 0.4) is 0 Å². The van der Waals surface area contributed by atoms with Crippen LogP contribution in [-0.2, 0) is 0 Å². The quantitative estimate of drug-likeness (QED) is 0.512. The summed E-state index contributed by atoms with van der Waals surface area (Å²) in [7, 11) is 0. The second-order valence-corrected chi connectivity index (χ2v) is 3.35. The smallest absolute Gasteiger partial charge is 0.0394 e. The number of nitrogen functional groups attached to an aromatic ring is 1. The number of hydrogen-bond acceptors (Lipinski definition) is 1. The van der Waals surface area contributed by atoms with Crippen molar-refractivity contribution < 1.29 is 0 Å². The van der Waals surface area contributed by atoms with E-state index in [1.165, 1.54) is 21.9 Å². The number of benzene rings is 2. The molecular formula is C12H9N. The predicted octanol–water partition coefficient (Wildman–Crippen LogP) is 2.91. The summed E-state index contributed by atoms with van der Waals surface area (Å²) < 4.78 is 0. The molecule has 1 aliphatic rings. The highest BCUT2D eigenvalue weighted by molar-refractivity contribution is 6.07. The van der Waals surface area contributed by atoms with Crippen LogP contribution in [0.5, 0.6) is 0 Å². The lowest BCUT2D eigenvalue weighted by atomic mass is 10.0. The Morgan fingerprint density at radius 3 is 2.77 bits per heavy atom. The van der Waals surface area contributed by atoms with Crippen LogP contribution in [0.1, 0.15) is 11.1 Å². The third kappa shape index (κ3) is 0.760. The SMILES string of the molecule is Nc1ccc2cccc3c2c1C=C3. The fourth-order valence-electron chi connectivity index (χ4n) is 1.94. The number of anilines is 1. The van der Waals surface area contributed by atoms with Gasteiger partial charge < -0.3 is 5.73 Å². The minimum atomic E-state index is 0.869. The summed E-state index contributed by atoms with van der Waals surface area (Å²) in [5.41, 5.74) is 9.20. The number of nitrogens with two attached hydrogens (primary N) is 1. The van der Waals surface area contributed by atoms with Gasteiger partial charge in [0, 0.05) is 11.3 Å². The molecule has 2 aromatic rings. The van der Waals surface area contributed by atoms with E-state index in [0.29, 0.717) is 0 Å². The number of rotatable bonds is 0. The molecule has 0 saturated heterocycles. The molecule has 3 rings (SSSR count). The van der Waals surface area contributed by atoms with Gasteiger partial charge in [0.2, 0.25) is 0 Å². The Labute approximate surface area is 76.5 Å². The van der Waals surface area contributed by atoms with E-state index in [1.54, 1.807) is 0 Å². The Morgan fingerprint density at radius 2 is 1.85 bits per heavy atom. The molecule has 62 valence electrons. The zero-order valence-corrected chi connectivity index (χ0v) is 7.12. The third-order valence-corrected chi connectivity index (χ3v) is 2.58. The molecule has 13 heavy (non-hydrogen) atoms. The Balaban J connectivity index is 2.62. The average molecular weight is 167 g/mol. The lowest BCUT2D eigenvalue weighted by Gasteiger charge is -2.03.